The molecular weight excluding hydrogens is 294 g/mol. The highest BCUT2D eigenvalue weighted by molar-refractivity contribution is 7.12. The van der Waals surface area contributed by atoms with Gasteiger partial charge in [0.25, 0.3) is 5.91 Å². The predicted octanol–water partition coefficient (Wildman–Crippen LogP) is 3.06. The summed E-state index contributed by atoms with van der Waals surface area (Å²) >= 11 is 1.48. The van der Waals surface area contributed by atoms with Crippen molar-refractivity contribution in [2.75, 3.05) is 43.4 Å². The molecule has 1 N–H and O–H groups in total. The van der Waals surface area contributed by atoms with Crippen LogP contribution in [0, 0.1) is 6.92 Å². The van der Waals surface area contributed by atoms with Crippen molar-refractivity contribution in [3.05, 3.63) is 46.2 Å². The van der Waals surface area contributed by atoms with Crippen LogP contribution < -0.4 is 10.2 Å². The number of nitrogens with zero attached hydrogens (tertiary/aromatic N) is 2. The number of benzene rings is 1. The van der Waals surface area contributed by atoms with Crippen LogP contribution in [0.4, 0.5) is 11.4 Å². The first-order valence-corrected chi connectivity index (χ1v) is 8.40. The number of amides is 1. The van der Waals surface area contributed by atoms with E-state index in [1.54, 1.807) is 0 Å². The Bertz CT molecular complexity index is 642. The maximum Gasteiger partial charge on any atom is 0.265 e. The molecule has 0 bridgehead atoms. The number of anilines is 2. The molecule has 3 rings (SSSR count). The van der Waals surface area contributed by atoms with Crippen molar-refractivity contribution in [2.24, 2.45) is 0 Å². The molecule has 1 aromatic carbocycles. The van der Waals surface area contributed by atoms with Gasteiger partial charge in [-0.3, -0.25) is 4.79 Å². The summed E-state index contributed by atoms with van der Waals surface area (Å²) in [6.45, 7) is 6.29. The van der Waals surface area contributed by atoms with E-state index < -0.39 is 0 Å². The van der Waals surface area contributed by atoms with E-state index >= 15 is 0 Å². The van der Waals surface area contributed by atoms with Crippen LogP contribution >= 0.6 is 11.3 Å². The van der Waals surface area contributed by atoms with E-state index in [-0.39, 0.29) is 5.91 Å². The van der Waals surface area contributed by atoms with E-state index in [4.69, 9.17) is 0 Å². The number of rotatable bonds is 3. The van der Waals surface area contributed by atoms with E-state index in [1.807, 2.05) is 30.5 Å². The van der Waals surface area contributed by atoms with Crippen molar-refractivity contribution >= 4 is 28.6 Å². The molecule has 0 saturated carbocycles. The second-order valence-electron chi connectivity index (χ2n) is 5.78. The molecule has 0 atom stereocenters. The Labute approximate surface area is 135 Å². The summed E-state index contributed by atoms with van der Waals surface area (Å²) < 4.78 is 0. The summed E-state index contributed by atoms with van der Waals surface area (Å²) in [5, 5.41) is 4.94. The number of nitrogens with one attached hydrogen (secondary N) is 1. The Hall–Kier alpha value is -1.85. The highest BCUT2D eigenvalue weighted by Crippen LogP contribution is 2.21. The third-order valence-electron chi connectivity index (χ3n) is 3.95. The van der Waals surface area contributed by atoms with Gasteiger partial charge in [0.2, 0.25) is 0 Å². The smallest absolute Gasteiger partial charge is 0.265 e. The van der Waals surface area contributed by atoms with Crippen LogP contribution in [0.3, 0.4) is 0 Å². The molecule has 1 saturated heterocycles. The Balaban J connectivity index is 1.63. The third-order valence-corrected chi connectivity index (χ3v) is 4.99. The summed E-state index contributed by atoms with van der Waals surface area (Å²) in [5.41, 5.74) is 3.19. The van der Waals surface area contributed by atoms with Crippen molar-refractivity contribution in [1.82, 2.24) is 4.90 Å². The molecule has 0 aliphatic carbocycles. The van der Waals surface area contributed by atoms with Gasteiger partial charge in [-0.05, 0) is 55.2 Å². The first-order valence-electron chi connectivity index (χ1n) is 7.52. The number of thiophene rings is 1. The summed E-state index contributed by atoms with van der Waals surface area (Å²) in [4.78, 5) is 17.6. The van der Waals surface area contributed by atoms with E-state index in [9.17, 15) is 4.79 Å². The van der Waals surface area contributed by atoms with Crippen LogP contribution in [0.1, 0.15) is 15.2 Å². The van der Waals surface area contributed by atoms with Gasteiger partial charge in [-0.25, -0.2) is 0 Å². The van der Waals surface area contributed by atoms with E-state index in [0.717, 1.165) is 42.3 Å². The molecule has 2 aromatic rings. The summed E-state index contributed by atoms with van der Waals surface area (Å²) in [5.74, 6) is -0.0366. The SMILES string of the molecule is Cc1csc(C(=O)Nc2ccc(N3CCN(C)CC3)cc2)c1. The van der Waals surface area contributed by atoms with Gasteiger partial charge < -0.3 is 15.1 Å². The van der Waals surface area contributed by atoms with Crippen LogP contribution in [0.25, 0.3) is 0 Å². The molecule has 1 aliphatic heterocycles. The highest BCUT2D eigenvalue weighted by atomic mass is 32.1. The number of carbonyl (C=O) groups is 1. The number of aryl methyl sites for hydroxylation is 1. The van der Waals surface area contributed by atoms with E-state index in [1.165, 1.54) is 17.0 Å². The molecular formula is C17H21N3OS. The van der Waals surface area contributed by atoms with Crippen LogP contribution in [-0.2, 0) is 0 Å². The molecule has 2 heterocycles. The molecule has 116 valence electrons. The average Bonchev–Trinajstić information content (AvgIpc) is 2.96. The Morgan fingerprint density at radius 2 is 1.82 bits per heavy atom. The maximum atomic E-state index is 12.1. The molecule has 4 nitrogen and oxygen atoms in total. The van der Waals surface area contributed by atoms with Gasteiger partial charge in [0.15, 0.2) is 0 Å². The van der Waals surface area contributed by atoms with Crippen LogP contribution in [0.2, 0.25) is 0 Å². The number of hydrogen-bond acceptors (Lipinski definition) is 4. The summed E-state index contributed by atoms with van der Waals surface area (Å²) in [6, 6.07) is 10.0. The molecule has 0 spiro atoms. The topological polar surface area (TPSA) is 35.6 Å². The van der Waals surface area contributed by atoms with Crippen molar-refractivity contribution < 1.29 is 4.79 Å². The van der Waals surface area contributed by atoms with Crippen molar-refractivity contribution in [2.45, 2.75) is 6.92 Å². The molecule has 1 aliphatic rings. The molecule has 1 amide bonds. The second kappa shape index (κ2) is 6.50. The monoisotopic (exact) mass is 315 g/mol. The number of carbonyl (C=O) groups excluding carboxylic acids is 1. The standard InChI is InChI=1S/C17H21N3OS/c1-13-11-16(22-12-13)17(21)18-14-3-5-15(6-4-14)20-9-7-19(2)8-10-20/h3-6,11-12H,7-10H2,1-2H3,(H,18,21). The highest BCUT2D eigenvalue weighted by Gasteiger charge is 2.14. The molecule has 5 heteroatoms. The molecule has 22 heavy (non-hydrogen) atoms. The Kier molecular flexibility index (Phi) is 4.45. The van der Waals surface area contributed by atoms with Gasteiger partial charge >= 0.3 is 0 Å². The number of piperazine rings is 1. The first-order chi connectivity index (χ1) is 10.6. The van der Waals surface area contributed by atoms with Gasteiger partial charge in [0, 0.05) is 37.6 Å². The largest absolute Gasteiger partial charge is 0.369 e. The fraction of sp³-hybridized carbons (Fsp3) is 0.353. The Morgan fingerprint density at radius 3 is 2.41 bits per heavy atom. The zero-order valence-electron chi connectivity index (χ0n) is 13.0. The minimum absolute atomic E-state index is 0.0366. The van der Waals surface area contributed by atoms with Crippen LogP contribution in [0.15, 0.2) is 35.7 Å². The van der Waals surface area contributed by atoms with Crippen molar-refractivity contribution in [3.8, 4) is 0 Å². The van der Waals surface area contributed by atoms with Crippen molar-refractivity contribution in [1.29, 1.82) is 0 Å². The van der Waals surface area contributed by atoms with Gasteiger partial charge in [-0.1, -0.05) is 0 Å². The molecule has 1 aromatic heterocycles. The van der Waals surface area contributed by atoms with Gasteiger partial charge in [0.1, 0.15) is 0 Å². The minimum Gasteiger partial charge on any atom is -0.369 e. The van der Waals surface area contributed by atoms with Crippen LogP contribution in [0.5, 0.6) is 0 Å². The summed E-state index contributed by atoms with van der Waals surface area (Å²) in [7, 11) is 2.16. The average molecular weight is 315 g/mol. The second-order valence-corrected chi connectivity index (χ2v) is 6.69. The van der Waals surface area contributed by atoms with Gasteiger partial charge in [-0.15, -0.1) is 11.3 Å². The quantitative estimate of drug-likeness (QED) is 0.945. The van der Waals surface area contributed by atoms with Crippen LogP contribution in [-0.4, -0.2) is 44.0 Å². The van der Waals surface area contributed by atoms with E-state index in [0.29, 0.717) is 0 Å². The number of likely N-dealkylation sites (N-methyl/N-ethyl adjacent to an activating group) is 1. The predicted molar refractivity (Wildman–Crippen MR) is 93.2 cm³/mol. The van der Waals surface area contributed by atoms with Gasteiger partial charge in [-0.2, -0.15) is 0 Å². The molecule has 0 unspecified atom stereocenters. The van der Waals surface area contributed by atoms with E-state index in [2.05, 4.69) is 34.3 Å². The lowest BCUT2D eigenvalue weighted by Gasteiger charge is -2.34. The minimum atomic E-state index is -0.0366. The normalized spacial score (nSPS) is 15.8. The maximum absolute atomic E-state index is 12.1. The Morgan fingerprint density at radius 1 is 1.14 bits per heavy atom. The molecule has 0 radical (unpaired) electrons. The summed E-state index contributed by atoms with van der Waals surface area (Å²) in [6.07, 6.45) is 0. The first kappa shape index (κ1) is 15.1. The lowest BCUT2D eigenvalue weighted by molar-refractivity contribution is 0.103. The number of hydrogen-bond donors (Lipinski definition) is 1. The fourth-order valence-electron chi connectivity index (χ4n) is 2.56. The van der Waals surface area contributed by atoms with Gasteiger partial charge in [0.05, 0.1) is 4.88 Å². The lowest BCUT2D eigenvalue weighted by Crippen LogP contribution is -2.44. The zero-order valence-corrected chi connectivity index (χ0v) is 13.8. The molecule has 1 fully saturated rings. The lowest BCUT2D eigenvalue weighted by atomic mass is 10.2. The third kappa shape index (κ3) is 3.48. The zero-order chi connectivity index (χ0) is 15.5. The fourth-order valence-corrected chi connectivity index (χ4v) is 3.36. The van der Waals surface area contributed by atoms with Crippen molar-refractivity contribution in [3.63, 3.8) is 0 Å².